The molecule has 0 bridgehead atoms. The second kappa shape index (κ2) is 2.82. The van der Waals surface area contributed by atoms with Gasteiger partial charge in [-0.3, -0.25) is 4.40 Å². The fraction of sp³-hybridized carbons (Fsp3) is 0.364. The Kier molecular flexibility index (Phi) is 1.86. The van der Waals surface area contributed by atoms with E-state index in [2.05, 4.69) is 22.4 Å². The summed E-state index contributed by atoms with van der Waals surface area (Å²) >= 11 is 0. The average Bonchev–Trinajstić information content (AvgIpc) is 2.47. The van der Waals surface area contributed by atoms with Crippen molar-refractivity contribution in [3.8, 4) is 0 Å². The van der Waals surface area contributed by atoms with Crippen molar-refractivity contribution in [2.45, 2.75) is 26.3 Å². The van der Waals surface area contributed by atoms with Gasteiger partial charge in [-0.2, -0.15) is 0 Å². The van der Waals surface area contributed by atoms with Crippen LogP contribution in [0.4, 0.5) is 0 Å². The number of hydrogen-bond donors (Lipinski definition) is 1. The Morgan fingerprint density at radius 3 is 2.71 bits per heavy atom. The number of pyridine rings is 1. The molecule has 74 valence electrons. The molecule has 0 aliphatic heterocycles. The van der Waals surface area contributed by atoms with Crippen molar-refractivity contribution in [2.24, 2.45) is 5.73 Å². The molecule has 0 aliphatic rings. The van der Waals surface area contributed by atoms with Gasteiger partial charge in [0.15, 0.2) is 0 Å². The molecule has 2 heterocycles. The van der Waals surface area contributed by atoms with Gasteiger partial charge in [-0.25, -0.2) is 4.98 Å². The molecule has 0 fully saturated rings. The molecular formula is C11H15N3. The Morgan fingerprint density at radius 2 is 2.07 bits per heavy atom. The molecule has 2 aromatic rings. The summed E-state index contributed by atoms with van der Waals surface area (Å²) in [5.74, 6) is 0. The monoisotopic (exact) mass is 189 g/mol. The van der Waals surface area contributed by atoms with Crippen molar-refractivity contribution in [3.05, 3.63) is 35.8 Å². The van der Waals surface area contributed by atoms with Crippen LogP contribution in [-0.4, -0.2) is 9.38 Å². The summed E-state index contributed by atoms with van der Waals surface area (Å²) in [6.07, 6.45) is 1.85. The van der Waals surface area contributed by atoms with Gasteiger partial charge in [-0.1, -0.05) is 6.07 Å². The molecule has 0 unspecified atom stereocenters. The summed E-state index contributed by atoms with van der Waals surface area (Å²) in [5.41, 5.74) is 8.88. The van der Waals surface area contributed by atoms with Gasteiger partial charge < -0.3 is 5.73 Å². The molecule has 0 saturated heterocycles. The Balaban J connectivity index is 2.80. The maximum Gasteiger partial charge on any atom is 0.137 e. The normalized spacial score (nSPS) is 12.3. The third-order valence-corrected chi connectivity index (χ3v) is 2.38. The molecule has 3 heteroatoms. The number of nitrogens with zero attached hydrogens (tertiary/aromatic N) is 2. The van der Waals surface area contributed by atoms with Crippen LogP contribution in [0, 0.1) is 6.92 Å². The lowest BCUT2D eigenvalue weighted by molar-refractivity contribution is 0.528. The summed E-state index contributed by atoms with van der Waals surface area (Å²) < 4.78 is 2.10. The van der Waals surface area contributed by atoms with Crippen molar-refractivity contribution < 1.29 is 0 Å². The third kappa shape index (κ3) is 1.30. The number of aromatic nitrogens is 2. The molecule has 0 saturated carbocycles. The van der Waals surface area contributed by atoms with Gasteiger partial charge in [-0.15, -0.1) is 0 Å². The zero-order valence-corrected chi connectivity index (χ0v) is 8.78. The van der Waals surface area contributed by atoms with E-state index in [1.165, 1.54) is 0 Å². The van der Waals surface area contributed by atoms with E-state index in [-0.39, 0.29) is 5.54 Å². The van der Waals surface area contributed by atoms with Crippen LogP contribution in [-0.2, 0) is 5.54 Å². The first kappa shape index (κ1) is 9.21. The van der Waals surface area contributed by atoms with Crippen molar-refractivity contribution in [3.63, 3.8) is 0 Å². The highest BCUT2D eigenvalue weighted by Gasteiger charge is 2.19. The molecule has 0 atom stereocenters. The predicted octanol–water partition coefficient (Wildman–Crippen LogP) is 1.84. The molecule has 0 amide bonds. The zero-order chi connectivity index (χ0) is 10.3. The Morgan fingerprint density at radius 1 is 1.36 bits per heavy atom. The number of imidazole rings is 1. The standard InChI is InChI=1S/C11H15N3/c1-8-5-4-6-10-13-7-9(14(8)10)11(2,3)12/h4-7H,12H2,1-3H3. The molecule has 2 N–H and O–H groups in total. The van der Waals surface area contributed by atoms with E-state index >= 15 is 0 Å². The third-order valence-electron chi connectivity index (χ3n) is 2.38. The number of aryl methyl sites for hydroxylation is 1. The molecule has 0 radical (unpaired) electrons. The summed E-state index contributed by atoms with van der Waals surface area (Å²) in [5, 5.41) is 0. The lowest BCUT2D eigenvalue weighted by atomic mass is 10.0. The van der Waals surface area contributed by atoms with Crippen molar-refractivity contribution in [1.29, 1.82) is 0 Å². The van der Waals surface area contributed by atoms with Crippen LogP contribution in [0.1, 0.15) is 25.2 Å². The van der Waals surface area contributed by atoms with E-state index in [1.54, 1.807) is 0 Å². The van der Waals surface area contributed by atoms with E-state index in [4.69, 9.17) is 5.73 Å². The molecule has 3 nitrogen and oxygen atoms in total. The molecule has 2 aromatic heterocycles. The minimum Gasteiger partial charge on any atom is -0.321 e. The second-order valence-electron chi connectivity index (χ2n) is 4.23. The topological polar surface area (TPSA) is 43.3 Å². The average molecular weight is 189 g/mol. The summed E-state index contributed by atoms with van der Waals surface area (Å²) in [4.78, 5) is 4.33. The lowest BCUT2D eigenvalue weighted by Crippen LogP contribution is -2.30. The molecule has 0 spiro atoms. The minimum absolute atomic E-state index is 0.356. The quantitative estimate of drug-likeness (QED) is 0.743. The fourth-order valence-corrected chi connectivity index (χ4v) is 1.66. The van der Waals surface area contributed by atoms with Crippen LogP contribution in [0.15, 0.2) is 24.4 Å². The van der Waals surface area contributed by atoms with Gasteiger partial charge in [-0.05, 0) is 32.9 Å². The maximum atomic E-state index is 6.08. The lowest BCUT2D eigenvalue weighted by Gasteiger charge is -2.18. The molecule has 0 aromatic carbocycles. The first-order chi connectivity index (χ1) is 6.50. The van der Waals surface area contributed by atoms with Gasteiger partial charge in [0.2, 0.25) is 0 Å². The van der Waals surface area contributed by atoms with Crippen LogP contribution >= 0.6 is 0 Å². The first-order valence-electron chi connectivity index (χ1n) is 4.72. The Labute approximate surface area is 83.6 Å². The van der Waals surface area contributed by atoms with Crippen LogP contribution in [0.2, 0.25) is 0 Å². The Hall–Kier alpha value is -1.35. The second-order valence-corrected chi connectivity index (χ2v) is 4.23. The van der Waals surface area contributed by atoms with E-state index in [1.807, 2.05) is 32.2 Å². The SMILES string of the molecule is Cc1cccc2ncc(C(C)(C)N)n12. The Bertz CT molecular complexity index is 463. The van der Waals surface area contributed by atoms with Crippen molar-refractivity contribution in [2.75, 3.05) is 0 Å². The molecular weight excluding hydrogens is 174 g/mol. The van der Waals surface area contributed by atoms with Gasteiger partial charge in [0.1, 0.15) is 5.65 Å². The summed E-state index contributed by atoms with van der Waals surface area (Å²) in [6.45, 7) is 6.04. The predicted molar refractivity (Wildman–Crippen MR) is 57.1 cm³/mol. The maximum absolute atomic E-state index is 6.08. The summed E-state index contributed by atoms with van der Waals surface area (Å²) in [6, 6.07) is 6.05. The van der Waals surface area contributed by atoms with Crippen molar-refractivity contribution in [1.82, 2.24) is 9.38 Å². The van der Waals surface area contributed by atoms with E-state index in [0.717, 1.165) is 17.0 Å². The highest BCUT2D eigenvalue weighted by molar-refractivity contribution is 5.43. The fourth-order valence-electron chi connectivity index (χ4n) is 1.66. The van der Waals surface area contributed by atoms with Crippen molar-refractivity contribution >= 4 is 5.65 Å². The van der Waals surface area contributed by atoms with Gasteiger partial charge in [0, 0.05) is 5.69 Å². The largest absolute Gasteiger partial charge is 0.321 e. The number of fused-ring (bicyclic) bond motifs is 1. The number of nitrogens with two attached hydrogens (primary N) is 1. The van der Waals surface area contributed by atoms with Crippen LogP contribution in [0.5, 0.6) is 0 Å². The smallest absolute Gasteiger partial charge is 0.137 e. The number of hydrogen-bond acceptors (Lipinski definition) is 2. The number of rotatable bonds is 1. The van der Waals surface area contributed by atoms with E-state index < -0.39 is 0 Å². The molecule has 0 aliphatic carbocycles. The van der Waals surface area contributed by atoms with Crippen LogP contribution in [0.3, 0.4) is 0 Å². The minimum atomic E-state index is -0.356. The van der Waals surface area contributed by atoms with Gasteiger partial charge in [0.25, 0.3) is 0 Å². The highest BCUT2D eigenvalue weighted by Crippen LogP contribution is 2.19. The zero-order valence-electron chi connectivity index (χ0n) is 8.78. The van der Waals surface area contributed by atoms with Crippen LogP contribution < -0.4 is 5.73 Å². The van der Waals surface area contributed by atoms with Gasteiger partial charge in [0.05, 0.1) is 17.4 Å². The van der Waals surface area contributed by atoms with Crippen LogP contribution in [0.25, 0.3) is 5.65 Å². The highest BCUT2D eigenvalue weighted by atomic mass is 15.0. The van der Waals surface area contributed by atoms with E-state index in [0.29, 0.717) is 0 Å². The first-order valence-corrected chi connectivity index (χ1v) is 4.72. The van der Waals surface area contributed by atoms with Gasteiger partial charge >= 0.3 is 0 Å². The van der Waals surface area contributed by atoms with E-state index in [9.17, 15) is 0 Å². The molecule has 2 rings (SSSR count). The molecule has 14 heavy (non-hydrogen) atoms. The summed E-state index contributed by atoms with van der Waals surface area (Å²) in [7, 11) is 0.